The summed E-state index contributed by atoms with van der Waals surface area (Å²) in [6.45, 7) is 2.06. The fourth-order valence-electron chi connectivity index (χ4n) is 2.75. The van der Waals surface area contributed by atoms with Crippen LogP contribution in [0.5, 0.6) is 5.75 Å². The Kier molecular flexibility index (Phi) is 4.37. The summed E-state index contributed by atoms with van der Waals surface area (Å²) in [5, 5.41) is 19.1. The Labute approximate surface area is 155 Å². The maximum absolute atomic E-state index is 10.1. The first-order valence-electron chi connectivity index (χ1n) is 8.23. The number of rotatable bonds is 4. The summed E-state index contributed by atoms with van der Waals surface area (Å²) < 4.78 is 0. The Bertz CT molecular complexity index is 1080. The Balaban J connectivity index is 1.55. The predicted molar refractivity (Wildman–Crippen MR) is 109 cm³/mol. The van der Waals surface area contributed by atoms with Crippen molar-refractivity contribution in [2.75, 3.05) is 5.43 Å². The molecule has 0 saturated carbocycles. The summed E-state index contributed by atoms with van der Waals surface area (Å²) >= 11 is 1.49. The molecule has 0 aliphatic carbocycles. The predicted octanol–water partition coefficient (Wildman–Crippen LogP) is 5.42. The molecule has 1 heterocycles. The zero-order valence-corrected chi connectivity index (χ0v) is 15.0. The van der Waals surface area contributed by atoms with Gasteiger partial charge in [0.05, 0.1) is 11.9 Å². The molecule has 3 aromatic carbocycles. The number of aryl methyl sites for hydroxylation is 1. The number of thiazole rings is 1. The van der Waals surface area contributed by atoms with E-state index in [1.165, 1.54) is 16.9 Å². The maximum Gasteiger partial charge on any atom is 0.203 e. The van der Waals surface area contributed by atoms with E-state index in [4.69, 9.17) is 0 Å². The van der Waals surface area contributed by atoms with Crippen LogP contribution in [-0.2, 0) is 0 Å². The highest BCUT2D eigenvalue weighted by Gasteiger charge is 2.06. The number of hydrogen-bond acceptors (Lipinski definition) is 5. The summed E-state index contributed by atoms with van der Waals surface area (Å²) in [6.07, 6.45) is 1.63. The van der Waals surface area contributed by atoms with E-state index in [0.29, 0.717) is 10.7 Å². The number of nitrogens with zero attached hydrogens (tertiary/aromatic N) is 2. The molecule has 0 bridgehead atoms. The van der Waals surface area contributed by atoms with Crippen molar-refractivity contribution < 1.29 is 5.11 Å². The lowest BCUT2D eigenvalue weighted by Gasteiger charge is -2.04. The second-order valence-electron chi connectivity index (χ2n) is 5.99. The third-order valence-corrected chi connectivity index (χ3v) is 4.90. The zero-order chi connectivity index (χ0) is 17.9. The first-order valence-corrected chi connectivity index (χ1v) is 9.11. The number of phenolic OH excluding ortho intramolecular Hbond substituents is 1. The Morgan fingerprint density at radius 3 is 2.69 bits per heavy atom. The summed E-state index contributed by atoms with van der Waals surface area (Å²) in [6, 6.07) is 19.7. The molecule has 26 heavy (non-hydrogen) atoms. The Morgan fingerprint density at radius 2 is 1.85 bits per heavy atom. The average Bonchev–Trinajstić information content (AvgIpc) is 3.13. The van der Waals surface area contributed by atoms with Gasteiger partial charge in [0.1, 0.15) is 5.75 Å². The van der Waals surface area contributed by atoms with Gasteiger partial charge in [-0.25, -0.2) is 4.98 Å². The molecule has 0 amide bonds. The van der Waals surface area contributed by atoms with Crippen molar-refractivity contribution in [2.24, 2.45) is 5.10 Å². The molecular weight excluding hydrogens is 342 g/mol. The maximum atomic E-state index is 10.1. The van der Waals surface area contributed by atoms with Gasteiger partial charge >= 0.3 is 0 Å². The molecule has 0 spiro atoms. The van der Waals surface area contributed by atoms with Crippen LogP contribution in [0.1, 0.15) is 11.1 Å². The normalized spacial score (nSPS) is 11.3. The SMILES string of the molecule is Cc1ccc(-c2csc(N/N=C/c3c(O)ccc4ccccc34)n2)cc1. The van der Waals surface area contributed by atoms with E-state index in [9.17, 15) is 5.11 Å². The molecule has 5 heteroatoms. The van der Waals surface area contributed by atoms with Gasteiger partial charge in [0.25, 0.3) is 0 Å². The highest BCUT2D eigenvalue weighted by Crippen LogP contribution is 2.27. The summed E-state index contributed by atoms with van der Waals surface area (Å²) in [7, 11) is 0. The fraction of sp³-hybridized carbons (Fsp3) is 0.0476. The number of nitrogens with one attached hydrogen (secondary N) is 1. The molecule has 0 saturated heterocycles. The van der Waals surface area contributed by atoms with Crippen LogP contribution >= 0.6 is 11.3 Å². The van der Waals surface area contributed by atoms with Gasteiger partial charge in [0, 0.05) is 16.5 Å². The lowest BCUT2D eigenvalue weighted by molar-refractivity contribution is 0.475. The minimum absolute atomic E-state index is 0.203. The van der Waals surface area contributed by atoms with E-state index in [-0.39, 0.29) is 5.75 Å². The third kappa shape index (κ3) is 3.30. The van der Waals surface area contributed by atoms with Crippen molar-refractivity contribution >= 4 is 33.5 Å². The number of anilines is 1. The van der Waals surface area contributed by atoms with Crippen molar-refractivity contribution in [3.63, 3.8) is 0 Å². The number of aromatic nitrogens is 1. The number of phenols is 1. The topological polar surface area (TPSA) is 57.5 Å². The lowest BCUT2D eigenvalue weighted by Crippen LogP contribution is -1.92. The van der Waals surface area contributed by atoms with Crippen molar-refractivity contribution in [3.05, 3.63) is 77.2 Å². The quantitative estimate of drug-likeness (QED) is 0.378. The van der Waals surface area contributed by atoms with Gasteiger partial charge in [-0.3, -0.25) is 5.43 Å². The van der Waals surface area contributed by atoms with Crippen LogP contribution in [0.25, 0.3) is 22.0 Å². The standard InChI is InChI=1S/C21H17N3OS/c1-14-6-8-16(9-7-14)19-13-26-21(23-19)24-22-12-18-17-5-3-2-4-15(17)10-11-20(18)25/h2-13,25H,1H3,(H,23,24)/b22-12+. The molecule has 0 unspecified atom stereocenters. The van der Waals surface area contributed by atoms with Crippen molar-refractivity contribution in [1.82, 2.24) is 4.98 Å². The largest absolute Gasteiger partial charge is 0.507 e. The summed E-state index contributed by atoms with van der Waals surface area (Å²) in [5.74, 6) is 0.203. The smallest absolute Gasteiger partial charge is 0.203 e. The molecule has 4 nitrogen and oxygen atoms in total. The van der Waals surface area contributed by atoms with Gasteiger partial charge in [0.2, 0.25) is 5.13 Å². The molecule has 2 N–H and O–H groups in total. The first kappa shape index (κ1) is 16.3. The van der Waals surface area contributed by atoms with Crippen molar-refractivity contribution in [3.8, 4) is 17.0 Å². The molecule has 0 radical (unpaired) electrons. The number of aromatic hydroxyl groups is 1. The second-order valence-corrected chi connectivity index (χ2v) is 6.85. The molecule has 0 atom stereocenters. The highest BCUT2D eigenvalue weighted by molar-refractivity contribution is 7.14. The molecule has 0 aliphatic rings. The number of fused-ring (bicyclic) bond motifs is 1. The monoisotopic (exact) mass is 359 g/mol. The van der Waals surface area contributed by atoms with Gasteiger partial charge in [-0.1, -0.05) is 60.2 Å². The molecule has 128 valence electrons. The number of hydrazone groups is 1. The first-order chi connectivity index (χ1) is 12.7. The number of benzene rings is 3. The van der Waals surface area contributed by atoms with Crippen LogP contribution in [0.4, 0.5) is 5.13 Å². The molecule has 0 aliphatic heterocycles. The zero-order valence-electron chi connectivity index (χ0n) is 14.2. The average molecular weight is 359 g/mol. The van der Waals surface area contributed by atoms with E-state index in [0.717, 1.165) is 22.0 Å². The Hall–Kier alpha value is -3.18. The molecule has 0 fully saturated rings. The van der Waals surface area contributed by atoms with E-state index in [2.05, 4.69) is 46.7 Å². The van der Waals surface area contributed by atoms with Crippen molar-refractivity contribution in [2.45, 2.75) is 6.92 Å². The van der Waals surface area contributed by atoms with E-state index in [1.54, 1.807) is 12.3 Å². The van der Waals surface area contributed by atoms with Gasteiger partial charge in [-0.2, -0.15) is 5.10 Å². The van der Waals surface area contributed by atoms with Crippen LogP contribution < -0.4 is 5.43 Å². The summed E-state index contributed by atoms with van der Waals surface area (Å²) in [4.78, 5) is 4.56. The Morgan fingerprint density at radius 1 is 1.04 bits per heavy atom. The van der Waals surface area contributed by atoms with Crippen LogP contribution in [0.2, 0.25) is 0 Å². The van der Waals surface area contributed by atoms with Gasteiger partial charge in [0.15, 0.2) is 0 Å². The summed E-state index contributed by atoms with van der Waals surface area (Å²) in [5.41, 5.74) is 6.86. The van der Waals surface area contributed by atoms with E-state index >= 15 is 0 Å². The minimum atomic E-state index is 0.203. The molecular formula is C21H17N3OS. The fourth-order valence-corrected chi connectivity index (χ4v) is 3.42. The molecule has 4 rings (SSSR count). The van der Waals surface area contributed by atoms with E-state index < -0.39 is 0 Å². The van der Waals surface area contributed by atoms with Crippen LogP contribution in [0, 0.1) is 6.92 Å². The molecule has 1 aromatic heterocycles. The van der Waals surface area contributed by atoms with Crippen LogP contribution in [0.3, 0.4) is 0 Å². The van der Waals surface area contributed by atoms with Crippen LogP contribution in [-0.4, -0.2) is 16.3 Å². The second kappa shape index (κ2) is 6.98. The minimum Gasteiger partial charge on any atom is -0.507 e. The van der Waals surface area contributed by atoms with Crippen LogP contribution in [0.15, 0.2) is 71.1 Å². The van der Waals surface area contributed by atoms with Gasteiger partial charge in [-0.15, -0.1) is 11.3 Å². The highest BCUT2D eigenvalue weighted by atomic mass is 32.1. The van der Waals surface area contributed by atoms with Gasteiger partial charge < -0.3 is 5.11 Å². The van der Waals surface area contributed by atoms with Gasteiger partial charge in [-0.05, 0) is 23.8 Å². The van der Waals surface area contributed by atoms with E-state index in [1.807, 2.05) is 35.7 Å². The lowest BCUT2D eigenvalue weighted by atomic mass is 10.0. The van der Waals surface area contributed by atoms with Crippen molar-refractivity contribution in [1.29, 1.82) is 0 Å². The molecule has 4 aromatic rings. The number of hydrogen-bond donors (Lipinski definition) is 2. The third-order valence-electron chi connectivity index (χ3n) is 4.15.